The normalized spacial score (nSPS) is 24.8. The Kier molecular flexibility index (Phi) is 5.41. The van der Waals surface area contributed by atoms with Crippen LogP contribution in [0, 0.1) is 23.6 Å². The third kappa shape index (κ3) is 4.08. The van der Waals surface area contributed by atoms with E-state index in [9.17, 15) is 4.39 Å². The van der Waals surface area contributed by atoms with Gasteiger partial charge in [-0.1, -0.05) is 39.5 Å². The number of nitrogens with zero attached hydrogens (tertiary/aromatic N) is 3. The molecule has 0 spiro atoms. The highest BCUT2D eigenvalue weighted by atomic mass is 79.9. The summed E-state index contributed by atoms with van der Waals surface area (Å²) in [7, 11) is 0. The van der Waals surface area contributed by atoms with Gasteiger partial charge in [-0.2, -0.15) is 8.75 Å². The third-order valence-electron chi connectivity index (χ3n) is 4.87. The van der Waals surface area contributed by atoms with Gasteiger partial charge >= 0.3 is 0 Å². The molecule has 3 aliphatic rings. The number of fused-ring (bicyclic) bond motifs is 3. The molecule has 5 rings (SSSR count). The number of benzene rings is 1. The molecule has 0 aliphatic carbocycles. The first-order valence-corrected chi connectivity index (χ1v) is 10.8. The van der Waals surface area contributed by atoms with E-state index in [1.807, 2.05) is 6.07 Å². The van der Waals surface area contributed by atoms with Crippen LogP contribution in [-0.4, -0.2) is 39.0 Å². The molecule has 3 fully saturated rings. The van der Waals surface area contributed by atoms with Gasteiger partial charge in [0.05, 0.1) is 23.2 Å². The lowest BCUT2D eigenvalue weighted by atomic mass is 9.78. The average molecular weight is 438 g/mol. The minimum absolute atomic E-state index is 0.278. The molecule has 130 valence electrons. The van der Waals surface area contributed by atoms with Gasteiger partial charge in [0.1, 0.15) is 10.8 Å². The lowest BCUT2D eigenvalue weighted by molar-refractivity contribution is 0.0846. The predicted molar refractivity (Wildman–Crippen MR) is 104 cm³/mol. The van der Waals surface area contributed by atoms with E-state index in [4.69, 9.17) is 0 Å². The Morgan fingerprint density at radius 2 is 2.12 bits per heavy atom. The van der Waals surface area contributed by atoms with Crippen LogP contribution in [0.5, 0.6) is 0 Å². The number of thioether (sulfide) groups is 1. The van der Waals surface area contributed by atoms with E-state index >= 15 is 0 Å². The van der Waals surface area contributed by atoms with Crippen LogP contribution in [-0.2, 0) is 0 Å². The Hall–Kier alpha value is -0.940. The molecular weight excluding hydrogens is 421 g/mol. The SMILES string of the molecule is Fc1cc(Br)cc(C#CCSc2nsnc2[C@@H]2CN3CCC2CC3)c1. The Bertz CT molecular complexity index is 801. The third-order valence-corrected chi connectivity index (χ3v) is 6.84. The fourth-order valence-corrected chi connectivity index (χ4v) is 5.64. The summed E-state index contributed by atoms with van der Waals surface area (Å²) in [5.41, 5.74) is 1.85. The molecule has 4 heterocycles. The monoisotopic (exact) mass is 437 g/mol. The molecule has 0 radical (unpaired) electrons. The summed E-state index contributed by atoms with van der Waals surface area (Å²) in [6.45, 7) is 3.58. The first kappa shape index (κ1) is 17.5. The topological polar surface area (TPSA) is 29.0 Å². The smallest absolute Gasteiger partial charge is 0.134 e. The van der Waals surface area contributed by atoms with Crippen LogP contribution in [0.1, 0.15) is 30.0 Å². The van der Waals surface area contributed by atoms with Crippen molar-refractivity contribution in [2.45, 2.75) is 23.8 Å². The first-order chi connectivity index (χ1) is 12.2. The molecule has 7 heteroatoms. The van der Waals surface area contributed by atoms with Crippen LogP contribution in [0.15, 0.2) is 27.7 Å². The van der Waals surface area contributed by atoms with Crippen molar-refractivity contribution in [2.75, 3.05) is 25.4 Å². The molecular formula is C18H17BrFN3S2. The van der Waals surface area contributed by atoms with E-state index in [-0.39, 0.29) is 5.82 Å². The molecule has 3 aliphatic heterocycles. The van der Waals surface area contributed by atoms with E-state index in [1.54, 1.807) is 11.8 Å². The van der Waals surface area contributed by atoms with E-state index < -0.39 is 0 Å². The van der Waals surface area contributed by atoms with Gasteiger partial charge in [-0.3, -0.25) is 0 Å². The number of halogens is 2. The summed E-state index contributed by atoms with van der Waals surface area (Å²) >= 11 is 6.23. The molecule has 0 N–H and O–H groups in total. The minimum Gasteiger partial charge on any atom is -0.303 e. The van der Waals surface area contributed by atoms with Crippen molar-refractivity contribution in [3.8, 4) is 11.8 Å². The van der Waals surface area contributed by atoms with Gasteiger partial charge in [-0.25, -0.2) is 4.39 Å². The maximum Gasteiger partial charge on any atom is 0.134 e. The highest BCUT2D eigenvalue weighted by Crippen LogP contribution is 2.41. The van der Waals surface area contributed by atoms with Gasteiger partial charge in [0, 0.05) is 22.5 Å². The maximum atomic E-state index is 13.4. The maximum absolute atomic E-state index is 13.4. The molecule has 0 amide bonds. The molecule has 25 heavy (non-hydrogen) atoms. The first-order valence-electron chi connectivity index (χ1n) is 8.31. The van der Waals surface area contributed by atoms with Crippen molar-refractivity contribution >= 4 is 39.4 Å². The second kappa shape index (κ2) is 7.75. The van der Waals surface area contributed by atoms with Gasteiger partial charge in [0.25, 0.3) is 0 Å². The zero-order valence-electron chi connectivity index (χ0n) is 13.5. The minimum atomic E-state index is -0.278. The van der Waals surface area contributed by atoms with E-state index in [1.165, 1.54) is 55.5 Å². The van der Waals surface area contributed by atoms with Gasteiger partial charge in [-0.05, 0) is 50.0 Å². The lowest BCUT2D eigenvalue weighted by Gasteiger charge is -2.44. The Morgan fingerprint density at radius 1 is 1.28 bits per heavy atom. The molecule has 2 aromatic rings. The van der Waals surface area contributed by atoms with E-state index in [0.717, 1.165) is 17.5 Å². The fourth-order valence-electron chi connectivity index (χ4n) is 3.66. The highest BCUT2D eigenvalue weighted by molar-refractivity contribution is 9.10. The molecule has 3 nitrogen and oxygen atoms in total. The number of aromatic nitrogens is 2. The van der Waals surface area contributed by atoms with E-state index in [0.29, 0.717) is 21.7 Å². The summed E-state index contributed by atoms with van der Waals surface area (Å²) in [6.07, 6.45) is 2.56. The van der Waals surface area contributed by atoms with Crippen LogP contribution in [0.4, 0.5) is 4.39 Å². The Balaban J connectivity index is 1.41. The number of piperidine rings is 3. The van der Waals surface area contributed by atoms with Crippen molar-refractivity contribution in [2.24, 2.45) is 5.92 Å². The summed E-state index contributed by atoms with van der Waals surface area (Å²) in [5.74, 6) is 7.76. The van der Waals surface area contributed by atoms with Gasteiger partial charge in [0.15, 0.2) is 0 Å². The van der Waals surface area contributed by atoms with E-state index in [2.05, 4.69) is 41.4 Å². The van der Waals surface area contributed by atoms with Crippen LogP contribution in [0.25, 0.3) is 0 Å². The van der Waals surface area contributed by atoms with Crippen LogP contribution < -0.4 is 0 Å². The van der Waals surface area contributed by atoms with Crippen molar-refractivity contribution in [3.05, 3.63) is 39.7 Å². The van der Waals surface area contributed by atoms with Crippen LogP contribution in [0.2, 0.25) is 0 Å². The second-order valence-corrected chi connectivity index (χ2v) is 8.86. The van der Waals surface area contributed by atoms with Crippen molar-refractivity contribution in [1.82, 2.24) is 13.6 Å². The lowest BCUT2D eigenvalue weighted by Crippen LogP contribution is -2.46. The fraction of sp³-hybridized carbons (Fsp3) is 0.444. The zero-order chi connectivity index (χ0) is 17.2. The Labute approximate surface area is 163 Å². The summed E-state index contributed by atoms with van der Waals surface area (Å²) in [6, 6.07) is 4.70. The number of rotatable bonds is 3. The molecule has 3 saturated heterocycles. The summed E-state index contributed by atoms with van der Waals surface area (Å²) in [4.78, 5) is 2.54. The average Bonchev–Trinajstić information content (AvgIpc) is 3.07. The molecule has 0 unspecified atom stereocenters. The Morgan fingerprint density at radius 3 is 2.84 bits per heavy atom. The summed E-state index contributed by atoms with van der Waals surface area (Å²) in [5, 5.41) is 1.03. The van der Waals surface area contributed by atoms with Crippen LogP contribution in [0.3, 0.4) is 0 Å². The molecule has 1 aromatic carbocycles. The van der Waals surface area contributed by atoms with Crippen molar-refractivity contribution in [3.63, 3.8) is 0 Å². The van der Waals surface area contributed by atoms with Gasteiger partial charge < -0.3 is 4.90 Å². The molecule has 0 saturated carbocycles. The largest absolute Gasteiger partial charge is 0.303 e. The second-order valence-electron chi connectivity index (χ2n) is 6.45. The summed E-state index contributed by atoms with van der Waals surface area (Å²) < 4.78 is 23.2. The van der Waals surface area contributed by atoms with Gasteiger partial charge in [-0.15, -0.1) is 0 Å². The number of hydrogen-bond donors (Lipinski definition) is 0. The molecule has 1 atom stereocenters. The molecule has 2 bridgehead atoms. The van der Waals surface area contributed by atoms with Crippen molar-refractivity contribution in [1.29, 1.82) is 0 Å². The van der Waals surface area contributed by atoms with Gasteiger partial charge in [0.2, 0.25) is 0 Å². The van der Waals surface area contributed by atoms with Crippen molar-refractivity contribution < 1.29 is 4.39 Å². The van der Waals surface area contributed by atoms with Crippen LogP contribution >= 0.6 is 39.4 Å². The predicted octanol–water partition coefficient (Wildman–Crippen LogP) is 4.39. The highest BCUT2D eigenvalue weighted by Gasteiger charge is 2.37. The quantitative estimate of drug-likeness (QED) is 0.525. The standard InChI is InChI=1S/C18H17BrFN3S2/c19-14-8-12(9-15(20)10-14)2-1-7-24-18-17(21-25-22-18)16-11-23-5-3-13(16)4-6-23/h8-10,13,16H,3-7,11H2/t16-/m1/s1. The molecule has 1 aromatic heterocycles. The number of hydrogen-bond acceptors (Lipinski definition) is 5. The zero-order valence-corrected chi connectivity index (χ0v) is 16.8.